The molecule has 96 valence electrons. The van der Waals surface area contributed by atoms with Crippen LogP contribution in [0.2, 0.25) is 12.1 Å². The Morgan fingerprint density at radius 2 is 1.88 bits per heavy atom. The zero-order valence-corrected chi connectivity index (χ0v) is 11.4. The highest BCUT2D eigenvalue weighted by Gasteiger charge is 2.54. The van der Waals surface area contributed by atoms with Crippen molar-refractivity contribution in [2.45, 2.75) is 57.3 Å². The average Bonchev–Trinajstić information content (AvgIpc) is 2.18. The van der Waals surface area contributed by atoms with E-state index < -0.39 is 26.5 Å². The average molecular weight is 254 g/mol. The highest BCUT2D eigenvalue weighted by Crippen LogP contribution is 2.42. The van der Waals surface area contributed by atoms with Crippen LogP contribution in [0.25, 0.3) is 0 Å². The molecule has 2 atom stereocenters. The maximum Gasteiger partial charge on any atom is 0.281 e. The second-order valence-electron chi connectivity index (χ2n) is 5.13. The van der Waals surface area contributed by atoms with E-state index in [1.165, 1.54) is 13.8 Å². The predicted molar refractivity (Wildman–Crippen MR) is 61.2 cm³/mol. The largest absolute Gasteiger partial charge is 0.420 e. The first kappa shape index (κ1) is 14.0. The third-order valence-corrected chi connectivity index (χ3v) is 6.28. The summed E-state index contributed by atoms with van der Waals surface area (Å²) < 4.78 is 47.0. The normalized spacial score (nSPS) is 26.8. The number of hydrogen-bond acceptors (Lipinski definition) is 1. The van der Waals surface area contributed by atoms with Crippen LogP contribution in [0.3, 0.4) is 0 Å². The molecule has 0 saturated carbocycles. The molecule has 1 heterocycles. The van der Waals surface area contributed by atoms with Crippen molar-refractivity contribution in [3.63, 3.8) is 0 Å². The Kier molecular flexibility index (Phi) is 4.46. The Morgan fingerprint density at radius 3 is 2.31 bits per heavy atom. The summed E-state index contributed by atoms with van der Waals surface area (Å²) >= 11 is 0. The maximum absolute atomic E-state index is 14.0. The third kappa shape index (κ3) is 3.00. The third-order valence-electron chi connectivity index (χ3n) is 3.56. The van der Waals surface area contributed by atoms with Gasteiger partial charge in [-0.15, -0.1) is 0 Å². The fourth-order valence-electron chi connectivity index (χ4n) is 1.88. The van der Waals surface area contributed by atoms with E-state index in [9.17, 15) is 13.2 Å². The monoisotopic (exact) mass is 254 g/mol. The van der Waals surface area contributed by atoms with Crippen molar-refractivity contribution in [2.75, 3.05) is 6.61 Å². The van der Waals surface area contributed by atoms with E-state index in [0.717, 1.165) is 25.8 Å². The summed E-state index contributed by atoms with van der Waals surface area (Å²) in [4.78, 5) is 0. The van der Waals surface area contributed by atoms with E-state index in [4.69, 9.17) is 4.43 Å². The zero-order chi connectivity index (χ0) is 12.4. The van der Waals surface area contributed by atoms with Gasteiger partial charge in [-0.3, -0.25) is 0 Å². The number of hydrogen-bond donors (Lipinski definition) is 0. The molecule has 5 heteroatoms. The number of alkyl halides is 3. The Balaban J connectivity index is 2.62. The lowest BCUT2D eigenvalue weighted by Gasteiger charge is -2.36. The van der Waals surface area contributed by atoms with Gasteiger partial charge in [0, 0.05) is 12.7 Å². The molecule has 0 aromatic heterocycles. The molecule has 2 unspecified atom stereocenters. The van der Waals surface area contributed by atoms with Crippen LogP contribution >= 0.6 is 0 Å². The van der Waals surface area contributed by atoms with Crippen molar-refractivity contribution < 1.29 is 17.6 Å². The number of halogens is 3. The van der Waals surface area contributed by atoms with Gasteiger partial charge >= 0.3 is 0 Å². The maximum atomic E-state index is 14.0. The van der Waals surface area contributed by atoms with Crippen LogP contribution in [0.15, 0.2) is 0 Å². The molecule has 16 heavy (non-hydrogen) atoms. The second kappa shape index (κ2) is 5.08. The van der Waals surface area contributed by atoms with Gasteiger partial charge in [0.25, 0.3) is 5.92 Å². The fraction of sp³-hybridized carbons (Fsp3) is 1.00. The van der Waals surface area contributed by atoms with Crippen molar-refractivity contribution in [3.8, 4) is 0 Å². The van der Waals surface area contributed by atoms with Crippen molar-refractivity contribution in [1.82, 2.24) is 0 Å². The van der Waals surface area contributed by atoms with Crippen LogP contribution in [0.4, 0.5) is 13.2 Å². The molecule has 0 aromatic rings. The molecule has 1 nitrogen and oxygen atoms in total. The fourth-order valence-corrected chi connectivity index (χ4v) is 4.58. The zero-order valence-electron chi connectivity index (χ0n) is 10.2. The van der Waals surface area contributed by atoms with Gasteiger partial charge in [0.2, 0.25) is 0 Å². The molecule has 1 aliphatic heterocycles. The molecule has 0 aliphatic carbocycles. The van der Waals surface area contributed by atoms with E-state index in [-0.39, 0.29) is 6.04 Å². The summed E-state index contributed by atoms with van der Waals surface area (Å²) in [5.74, 6) is -3.94. The lowest BCUT2D eigenvalue weighted by atomic mass is 9.89. The predicted octanol–water partition coefficient (Wildman–Crippen LogP) is 3.54. The van der Waals surface area contributed by atoms with Gasteiger partial charge in [0.1, 0.15) is 0 Å². The minimum atomic E-state index is -3.25. The van der Waals surface area contributed by atoms with Crippen LogP contribution in [0.1, 0.15) is 33.6 Å². The molecule has 1 rings (SSSR count). The van der Waals surface area contributed by atoms with Gasteiger partial charge in [-0.2, -0.15) is 0 Å². The molecular formula is C11H21F3OSi. The first-order valence-corrected chi connectivity index (χ1v) is 8.06. The molecule has 1 saturated heterocycles. The minimum Gasteiger partial charge on any atom is -0.420 e. The Morgan fingerprint density at radius 1 is 1.25 bits per heavy atom. The molecule has 1 aliphatic rings. The van der Waals surface area contributed by atoms with Gasteiger partial charge < -0.3 is 4.43 Å². The number of rotatable bonds is 4. The van der Waals surface area contributed by atoms with Crippen LogP contribution in [0, 0.1) is 5.92 Å². The summed E-state index contributed by atoms with van der Waals surface area (Å²) in [5.41, 5.74) is -2.43. The van der Waals surface area contributed by atoms with Gasteiger partial charge in [-0.25, -0.2) is 13.2 Å². The smallest absolute Gasteiger partial charge is 0.281 e. The quantitative estimate of drug-likeness (QED) is 0.697. The molecule has 0 bridgehead atoms. The van der Waals surface area contributed by atoms with Crippen molar-refractivity contribution in [3.05, 3.63) is 0 Å². The minimum absolute atomic E-state index is 0.363. The van der Waals surface area contributed by atoms with Crippen LogP contribution < -0.4 is 0 Å². The van der Waals surface area contributed by atoms with Gasteiger partial charge in [0.15, 0.2) is 14.7 Å². The molecule has 0 N–H and O–H groups in total. The highest BCUT2D eigenvalue weighted by molar-refractivity contribution is 6.52. The van der Waals surface area contributed by atoms with Crippen LogP contribution in [-0.2, 0) is 4.43 Å². The molecule has 0 amide bonds. The summed E-state index contributed by atoms with van der Waals surface area (Å²) in [6.45, 7) is 4.58. The van der Waals surface area contributed by atoms with Crippen molar-refractivity contribution in [2.24, 2.45) is 5.92 Å². The van der Waals surface area contributed by atoms with E-state index in [2.05, 4.69) is 0 Å². The first-order chi connectivity index (χ1) is 7.27. The Hall–Kier alpha value is -0.0331. The topological polar surface area (TPSA) is 9.23 Å². The second-order valence-corrected chi connectivity index (χ2v) is 7.69. The van der Waals surface area contributed by atoms with Crippen LogP contribution in [-0.4, -0.2) is 27.2 Å². The van der Waals surface area contributed by atoms with E-state index in [0.29, 0.717) is 6.61 Å². The van der Waals surface area contributed by atoms with E-state index >= 15 is 0 Å². The van der Waals surface area contributed by atoms with E-state index in [1.54, 1.807) is 0 Å². The highest BCUT2D eigenvalue weighted by atomic mass is 28.3. The standard InChI is InChI=1S/C11H21F3OSi/c1-9(2)10(3,12)11(13,14)8-16-7-5-4-6-15-16/h9,16H,4-8H2,1-3H3. The van der Waals surface area contributed by atoms with Gasteiger partial charge in [-0.05, 0) is 25.3 Å². The summed E-state index contributed by atoms with van der Waals surface area (Å²) in [6.07, 6.45) is 1.91. The van der Waals surface area contributed by atoms with Gasteiger partial charge in [0.05, 0.1) is 0 Å². The van der Waals surface area contributed by atoms with Crippen molar-refractivity contribution in [1.29, 1.82) is 0 Å². The lowest BCUT2D eigenvalue weighted by molar-refractivity contribution is -0.137. The summed E-state index contributed by atoms with van der Waals surface area (Å²) in [7, 11) is -1.88. The van der Waals surface area contributed by atoms with Gasteiger partial charge in [-0.1, -0.05) is 20.3 Å². The van der Waals surface area contributed by atoms with Crippen LogP contribution in [0.5, 0.6) is 0 Å². The molecular weight excluding hydrogens is 233 g/mol. The molecule has 0 radical (unpaired) electrons. The summed E-state index contributed by atoms with van der Waals surface area (Å²) in [6, 6.07) is 0.391. The lowest BCUT2D eigenvalue weighted by Crippen LogP contribution is -2.48. The SMILES string of the molecule is CC(C)C(C)(F)C(F)(F)C[SiH]1CCCCO1. The molecule has 1 fully saturated rings. The Bertz CT molecular complexity index is 225. The Labute approximate surface area is 97.1 Å². The first-order valence-electron chi connectivity index (χ1n) is 5.95. The van der Waals surface area contributed by atoms with Crippen molar-refractivity contribution >= 4 is 9.04 Å². The molecule has 0 aromatic carbocycles. The summed E-state index contributed by atoms with van der Waals surface area (Å²) in [5, 5.41) is 0. The van der Waals surface area contributed by atoms with E-state index in [1.807, 2.05) is 0 Å². The molecule has 0 spiro atoms.